The quantitative estimate of drug-likeness (QED) is 0.0933. The predicted octanol–water partition coefficient (Wildman–Crippen LogP) is 7.42. The van der Waals surface area contributed by atoms with Gasteiger partial charge in [-0.15, -0.1) is 0 Å². The van der Waals surface area contributed by atoms with E-state index in [0.717, 1.165) is 12.8 Å². The SMILES string of the molecule is CCCCCCCCCCCCCCCCCCCCCC(=O)OCC(O)C[N+](C)(C)C. The van der Waals surface area contributed by atoms with E-state index in [0.29, 0.717) is 17.4 Å². The Morgan fingerprint density at radius 3 is 1.34 bits per heavy atom. The Morgan fingerprint density at radius 1 is 0.656 bits per heavy atom. The van der Waals surface area contributed by atoms with Crippen LogP contribution in [0.4, 0.5) is 0 Å². The molecule has 1 N–H and O–H groups in total. The minimum Gasteiger partial charge on any atom is -0.463 e. The Bertz CT molecular complexity index is 406. The molecule has 0 aliphatic rings. The number of ether oxygens (including phenoxy) is 1. The molecule has 0 aromatic heterocycles. The van der Waals surface area contributed by atoms with E-state index in [1.807, 2.05) is 21.1 Å². The molecular weight excluding hydrogens is 398 g/mol. The molecule has 4 nitrogen and oxygen atoms in total. The molecule has 0 heterocycles. The molecule has 0 amide bonds. The second-order valence-corrected chi connectivity index (χ2v) is 10.9. The maximum Gasteiger partial charge on any atom is 0.305 e. The fourth-order valence-electron chi connectivity index (χ4n) is 4.29. The van der Waals surface area contributed by atoms with Crippen LogP contribution >= 0.6 is 0 Å². The number of aliphatic hydroxyl groups excluding tert-OH is 1. The largest absolute Gasteiger partial charge is 0.463 e. The van der Waals surface area contributed by atoms with Gasteiger partial charge in [-0.1, -0.05) is 122 Å². The first-order valence-electron chi connectivity index (χ1n) is 14.0. The van der Waals surface area contributed by atoms with Crippen LogP contribution in [0.25, 0.3) is 0 Å². The van der Waals surface area contributed by atoms with E-state index in [1.165, 1.54) is 109 Å². The molecule has 1 atom stereocenters. The van der Waals surface area contributed by atoms with Gasteiger partial charge < -0.3 is 14.3 Å². The highest BCUT2D eigenvalue weighted by Crippen LogP contribution is 2.15. The van der Waals surface area contributed by atoms with Crippen molar-refractivity contribution in [3.63, 3.8) is 0 Å². The molecule has 192 valence electrons. The van der Waals surface area contributed by atoms with Gasteiger partial charge in [0.2, 0.25) is 0 Å². The summed E-state index contributed by atoms with van der Waals surface area (Å²) in [5.74, 6) is -0.169. The summed E-state index contributed by atoms with van der Waals surface area (Å²) >= 11 is 0. The molecule has 0 saturated carbocycles. The molecule has 0 fully saturated rings. The van der Waals surface area contributed by atoms with Crippen molar-refractivity contribution in [3.05, 3.63) is 0 Å². The van der Waals surface area contributed by atoms with Crippen molar-refractivity contribution in [2.75, 3.05) is 34.3 Å². The zero-order chi connectivity index (χ0) is 23.9. The summed E-state index contributed by atoms with van der Waals surface area (Å²) in [7, 11) is 6.05. The van der Waals surface area contributed by atoms with Crippen LogP contribution in [0.1, 0.15) is 135 Å². The fourth-order valence-corrected chi connectivity index (χ4v) is 4.29. The number of hydrogen-bond donors (Lipinski definition) is 1. The standard InChI is InChI=1S/C28H58NO3/c1-5-6-7-8-9-10-11-12-13-14-15-16-17-18-19-20-21-22-23-24-28(31)32-26-27(30)25-29(2,3)4/h27,30H,5-26H2,1-4H3/q+1. The fraction of sp³-hybridized carbons (Fsp3) is 0.964. The van der Waals surface area contributed by atoms with E-state index in [-0.39, 0.29) is 12.6 Å². The van der Waals surface area contributed by atoms with Crippen LogP contribution in [0, 0.1) is 0 Å². The Kier molecular flexibility index (Phi) is 21.8. The molecule has 0 aliphatic heterocycles. The van der Waals surface area contributed by atoms with Crippen LogP contribution in [-0.4, -0.2) is 56.0 Å². The second kappa shape index (κ2) is 22.2. The van der Waals surface area contributed by atoms with Gasteiger partial charge in [-0.25, -0.2) is 0 Å². The Balaban J connectivity index is 3.22. The lowest BCUT2D eigenvalue weighted by Gasteiger charge is -2.26. The molecular formula is C28H58NO3+. The number of aliphatic hydroxyl groups is 1. The molecule has 0 aliphatic carbocycles. The molecule has 0 saturated heterocycles. The monoisotopic (exact) mass is 456 g/mol. The molecule has 0 aromatic rings. The average molecular weight is 457 g/mol. The third kappa shape index (κ3) is 25.6. The molecule has 0 spiro atoms. The minimum atomic E-state index is -0.580. The van der Waals surface area contributed by atoms with E-state index in [1.54, 1.807) is 0 Å². The summed E-state index contributed by atoms with van der Waals surface area (Å²) in [6, 6.07) is 0. The predicted molar refractivity (Wildman–Crippen MR) is 138 cm³/mol. The number of unbranched alkanes of at least 4 members (excludes halogenated alkanes) is 18. The Labute approximate surface area is 201 Å². The number of quaternary nitrogens is 1. The van der Waals surface area contributed by atoms with Crippen molar-refractivity contribution < 1.29 is 19.1 Å². The number of likely N-dealkylation sites (N-methyl/N-ethyl adjacent to an activating group) is 1. The number of carbonyl (C=O) groups is 1. The zero-order valence-electron chi connectivity index (χ0n) is 22.3. The van der Waals surface area contributed by atoms with Crippen molar-refractivity contribution in [2.45, 2.75) is 141 Å². The summed E-state index contributed by atoms with van der Waals surface area (Å²) < 4.78 is 5.85. The molecule has 4 heteroatoms. The maximum atomic E-state index is 11.8. The number of rotatable bonds is 24. The summed E-state index contributed by atoms with van der Waals surface area (Å²) in [6.45, 7) is 2.99. The Morgan fingerprint density at radius 2 is 1.00 bits per heavy atom. The van der Waals surface area contributed by atoms with Crippen LogP contribution < -0.4 is 0 Å². The molecule has 0 radical (unpaired) electrons. The van der Waals surface area contributed by atoms with Gasteiger partial charge in [-0.2, -0.15) is 0 Å². The zero-order valence-corrected chi connectivity index (χ0v) is 22.3. The highest BCUT2D eigenvalue weighted by Gasteiger charge is 2.17. The van der Waals surface area contributed by atoms with Crippen molar-refractivity contribution >= 4 is 5.97 Å². The topological polar surface area (TPSA) is 46.5 Å². The van der Waals surface area contributed by atoms with E-state index < -0.39 is 6.10 Å². The third-order valence-electron chi connectivity index (χ3n) is 6.18. The maximum absolute atomic E-state index is 11.8. The third-order valence-corrected chi connectivity index (χ3v) is 6.18. The summed E-state index contributed by atoms with van der Waals surface area (Å²) in [6.07, 6.45) is 25.6. The molecule has 0 bridgehead atoms. The van der Waals surface area contributed by atoms with Gasteiger partial charge in [0.05, 0.1) is 21.1 Å². The Hall–Kier alpha value is -0.610. The number of carbonyl (C=O) groups excluding carboxylic acids is 1. The first-order valence-corrected chi connectivity index (χ1v) is 14.0. The van der Waals surface area contributed by atoms with Gasteiger partial charge in [0, 0.05) is 6.42 Å². The molecule has 0 aromatic carbocycles. The van der Waals surface area contributed by atoms with E-state index in [2.05, 4.69) is 6.92 Å². The normalized spacial score (nSPS) is 12.8. The van der Waals surface area contributed by atoms with Crippen LogP contribution in [-0.2, 0) is 9.53 Å². The first kappa shape index (κ1) is 31.4. The van der Waals surface area contributed by atoms with Crippen LogP contribution in [0.15, 0.2) is 0 Å². The van der Waals surface area contributed by atoms with Gasteiger partial charge in [-0.05, 0) is 6.42 Å². The second-order valence-electron chi connectivity index (χ2n) is 10.9. The van der Waals surface area contributed by atoms with Crippen LogP contribution in [0.5, 0.6) is 0 Å². The van der Waals surface area contributed by atoms with Gasteiger partial charge in [0.1, 0.15) is 19.3 Å². The summed E-state index contributed by atoms with van der Waals surface area (Å²) in [4.78, 5) is 11.8. The van der Waals surface area contributed by atoms with Gasteiger partial charge in [-0.3, -0.25) is 4.79 Å². The molecule has 32 heavy (non-hydrogen) atoms. The number of nitrogens with zero attached hydrogens (tertiary/aromatic N) is 1. The van der Waals surface area contributed by atoms with Gasteiger partial charge in [0.25, 0.3) is 0 Å². The summed E-state index contributed by atoms with van der Waals surface area (Å²) in [5, 5.41) is 9.88. The van der Waals surface area contributed by atoms with Crippen molar-refractivity contribution in [1.82, 2.24) is 0 Å². The van der Waals surface area contributed by atoms with Crippen LogP contribution in [0.2, 0.25) is 0 Å². The van der Waals surface area contributed by atoms with Gasteiger partial charge >= 0.3 is 5.97 Å². The lowest BCUT2D eigenvalue weighted by atomic mass is 10.0. The van der Waals surface area contributed by atoms with E-state index in [4.69, 9.17) is 4.74 Å². The highest BCUT2D eigenvalue weighted by atomic mass is 16.5. The van der Waals surface area contributed by atoms with Crippen molar-refractivity contribution in [3.8, 4) is 0 Å². The van der Waals surface area contributed by atoms with Crippen molar-refractivity contribution in [2.24, 2.45) is 0 Å². The highest BCUT2D eigenvalue weighted by molar-refractivity contribution is 5.69. The average Bonchev–Trinajstić information content (AvgIpc) is 2.72. The molecule has 0 rings (SSSR count). The summed E-state index contributed by atoms with van der Waals surface area (Å²) in [5.41, 5.74) is 0. The minimum absolute atomic E-state index is 0.119. The first-order chi connectivity index (χ1) is 15.3. The lowest BCUT2D eigenvalue weighted by molar-refractivity contribution is -0.873. The molecule has 1 unspecified atom stereocenters. The number of hydrogen-bond acceptors (Lipinski definition) is 3. The van der Waals surface area contributed by atoms with Gasteiger partial charge in [0.15, 0.2) is 0 Å². The van der Waals surface area contributed by atoms with E-state index in [9.17, 15) is 9.90 Å². The lowest BCUT2D eigenvalue weighted by Crippen LogP contribution is -2.43. The van der Waals surface area contributed by atoms with Crippen LogP contribution in [0.3, 0.4) is 0 Å². The van der Waals surface area contributed by atoms with Crippen molar-refractivity contribution in [1.29, 1.82) is 0 Å². The smallest absolute Gasteiger partial charge is 0.305 e. The van der Waals surface area contributed by atoms with E-state index >= 15 is 0 Å². The number of esters is 1.